The van der Waals surface area contributed by atoms with Crippen molar-refractivity contribution in [3.63, 3.8) is 0 Å². The van der Waals surface area contributed by atoms with E-state index in [-0.39, 0.29) is 41.8 Å². The van der Waals surface area contributed by atoms with Gasteiger partial charge in [-0.05, 0) is 61.9 Å². The molecular formula is C33H39N3O7. The third-order valence-electron chi connectivity index (χ3n) is 7.85. The Balaban J connectivity index is 1.49. The van der Waals surface area contributed by atoms with E-state index in [9.17, 15) is 24.0 Å². The average molecular weight is 590 g/mol. The van der Waals surface area contributed by atoms with Crippen molar-refractivity contribution in [2.75, 3.05) is 13.7 Å². The average Bonchev–Trinajstić information content (AvgIpc) is 3.45. The van der Waals surface area contributed by atoms with E-state index in [2.05, 4.69) is 15.3 Å². The van der Waals surface area contributed by atoms with Crippen molar-refractivity contribution in [1.29, 1.82) is 0 Å². The Morgan fingerprint density at radius 2 is 1.93 bits per heavy atom. The van der Waals surface area contributed by atoms with Crippen LogP contribution in [0, 0.1) is 17.8 Å². The van der Waals surface area contributed by atoms with E-state index < -0.39 is 36.2 Å². The molecule has 2 N–H and O–H groups in total. The standard InChI is InChI=1S/C33H39N3O7/c1-20(2)14-23(16-29(38)27-17-24-25(35-27)10-6-12-31(24)42-3)32(40)36-26(15-21-8-4-5-11-28(21)37)30(39)19-43-33(41)22-9-7-13-34-18-22/h6-7,9-10,12-13,17-18,20-21,23,26,35H,4-5,8,11,14-16,19H2,1-3H3,(H,36,40)/t21-,23+,26-/m0/s1. The number of hydrogen-bond donors (Lipinski definition) is 2. The zero-order chi connectivity index (χ0) is 30.9. The predicted molar refractivity (Wildman–Crippen MR) is 160 cm³/mol. The number of hydrogen-bond acceptors (Lipinski definition) is 8. The molecule has 0 bridgehead atoms. The maximum Gasteiger partial charge on any atom is 0.340 e. The Bertz CT molecular complexity index is 1460. The monoisotopic (exact) mass is 589 g/mol. The van der Waals surface area contributed by atoms with Crippen LogP contribution in [0.3, 0.4) is 0 Å². The van der Waals surface area contributed by atoms with Gasteiger partial charge in [0.1, 0.15) is 11.5 Å². The first-order valence-electron chi connectivity index (χ1n) is 14.8. The minimum absolute atomic E-state index is 0.0637. The Kier molecular flexibility index (Phi) is 10.8. The Hall–Kier alpha value is -4.34. The van der Waals surface area contributed by atoms with Crippen molar-refractivity contribution in [2.24, 2.45) is 17.8 Å². The summed E-state index contributed by atoms with van der Waals surface area (Å²) in [5.41, 5.74) is 1.31. The van der Waals surface area contributed by atoms with E-state index >= 15 is 0 Å². The SMILES string of the molecule is COc1cccc2[nH]c(C(=O)C[C@@H](CC(C)C)C(=O)N[C@@H](C[C@@H]3CCCCC3=O)C(=O)COC(=O)c3cccnc3)cc12. The summed E-state index contributed by atoms with van der Waals surface area (Å²) >= 11 is 0. The maximum absolute atomic E-state index is 13.7. The number of ketones is 3. The summed E-state index contributed by atoms with van der Waals surface area (Å²) in [7, 11) is 1.56. The molecule has 0 unspecified atom stereocenters. The van der Waals surface area contributed by atoms with Gasteiger partial charge >= 0.3 is 5.97 Å². The lowest BCUT2D eigenvalue weighted by Crippen LogP contribution is -2.47. The molecule has 0 radical (unpaired) electrons. The summed E-state index contributed by atoms with van der Waals surface area (Å²) in [6.45, 7) is 3.35. The van der Waals surface area contributed by atoms with Crippen LogP contribution in [0.2, 0.25) is 0 Å². The highest BCUT2D eigenvalue weighted by Crippen LogP contribution is 2.28. The molecule has 3 aromatic rings. The number of amides is 1. The minimum Gasteiger partial charge on any atom is -0.496 e. The van der Waals surface area contributed by atoms with Gasteiger partial charge in [0.25, 0.3) is 0 Å². The maximum atomic E-state index is 13.7. The van der Waals surface area contributed by atoms with E-state index in [1.54, 1.807) is 19.2 Å². The molecule has 10 nitrogen and oxygen atoms in total. The summed E-state index contributed by atoms with van der Waals surface area (Å²) in [5.74, 6) is -2.20. The molecular weight excluding hydrogens is 550 g/mol. The van der Waals surface area contributed by atoms with Gasteiger partial charge in [-0.15, -0.1) is 0 Å². The van der Waals surface area contributed by atoms with Crippen LogP contribution in [0.15, 0.2) is 48.8 Å². The van der Waals surface area contributed by atoms with Gasteiger partial charge in [-0.25, -0.2) is 4.79 Å². The molecule has 2 heterocycles. The Morgan fingerprint density at radius 3 is 2.63 bits per heavy atom. The van der Waals surface area contributed by atoms with Crippen molar-refractivity contribution < 1.29 is 33.4 Å². The smallest absolute Gasteiger partial charge is 0.340 e. The normalized spacial score (nSPS) is 16.5. The summed E-state index contributed by atoms with van der Waals surface area (Å²) in [5, 5.41) is 3.59. The van der Waals surface area contributed by atoms with E-state index in [4.69, 9.17) is 9.47 Å². The van der Waals surface area contributed by atoms with Crippen molar-refractivity contribution in [3.8, 4) is 5.75 Å². The van der Waals surface area contributed by atoms with Crippen LogP contribution in [-0.2, 0) is 19.1 Å². The molecule has 2 aromatic heterocycles. The molecule has 10 heteroatoms. The third-order valence-corrected chi connectivity index (χ3v) is 7.85. The molecule has 0 saturated heterocycles. The number of carbonyl (C=O) groups is 5. The van der Waals surface area contributed by atoms with E-state index in [0.717, 1.165) is 23.7 Å². The van der Waals surface area contributed by atoms with Crippen molar-refractivity contribution in [2.45, 2.75) is 64.8 Å². The van der Waals surface area contributed by atoms with Crippen LogP contribution < -0.4 is 10.1 Å². The molecule has 1 saturated carbocycles. The number of fused-ring (bicyclic) bond motifs is 1. The lowest BCUT2D eigenvalue weighted by molar-refractivity contribution is -0.133. The topological polar surface area (TPSA) is 145 Å². The fourth-order valence-corrected chi connectivity index (χ4v) is 5.59. The van der Waals surface area contributed by atoms with Gasteiger partial charge in [0.2, 0.25) is 5.91 Å². The largest absolute Gasteiger partial charge is 0.496 e. The summed E-state index contributed by atoms with van der Waals surface area (Å²) in [6.07, 6.45) is 6.06. The number of carbonyl (C=O) groups excluding carboxylic acids is 5. The highest BCUT2D eigenvalue weighted by atomic mass is 16.5. The Morgan fingerprint density at radius 1 is 1.12 bits per heavy atom. The second-order valence-electron chi connectivity index (χ2n) is 11.5. The van der Waals surface area contributed by atoms with Gasteiger partial charge in [0.05, 0.1) is 24.4 Å². The molecule has 1 aromatic carbocycles. The number of H-pyrrole nitrogens is 1. The van der Waals surface area contributed by atoms with Crippen LogP contribution in [0.4, 0.5) is 0 Å². The van der Waals surface area contributed by atoms with Gasteiger partial charge in [-0.2, -0.15) is 0 Å². The molecule has 4 rings (SSSR count). The molecule has 43 heavy (non-hydrogen) atoms. The lowest BCUT2D eigenvalue weighted by Gasteiger charge is -2.27. The van der Waals surface area contributed by atoms with Crippen molar-refractivity contribution >= 4 is 40.1 Å². The van der Waals surface area contributed by atoms with Crippen LogP contribution in [0.5, 0.6) is 5.75 Å². The predicted octanol–water partition coefficient (Wildman–Crippen LogP) is 4.87. The van der Waals surface area contributed by atoms with E-state index in [1.165, 1.54) is 18.5 Å². The van der Waals surface area contributed by atoms with E-state index in [1.807, 2.05) is 32.0 Å². The quantitative estimate of drug-likeness (QED) is 0.200. The zero-order valence-electron chi connectivity index (χ0n) is 24.9. The lowest BCUT2D eigenvalue weighted by atomic mass is 9.82. The number of rotatable bonds is 14. The van der Waals surface area contributed by atoms with Crippen LogP contribution in [0.1, 0.15) is 79.6 Å². The molecule has 228 valence electrons. The fourth-order valence-electron chi connectivity index (χ4n) is 5.59. The molecule has 0 aliphatic heterocycles. The van der Waals surface area contributed by atoms with Crippen molar-refractivity contribution in [1.82, 2.24) is 15.3 Å². The second kappa shape index (κ2) is 14.7. The number of esters is 1. The number of Topliss-reactive ketones (excluding diaryl/α,β-unsaturated/α-hetero) is 3. The number of aromatic amines is 1. The highest BCUT2D eigenvalue weighted by molar-refractivity contribution is 6.03. The minimum atomic E-state index is -1.04. The first-order chi connectivity index (χ1) is 20.7. The molecule has 1 fully saturated rings. The number of pyridine rings is 1. The third kappa shape index (κ3) is 8.37. The Labute approximate surface area is 250 Å². The molecule has 1 amide bonds. The zero-order valence-corrected chi connectivity index (χ0v) is 24.9. The molecule has 0 spiro atoms. The van der Waals surface area contributed by atoms with Gasteiger partial charge < -0.3 is 19.8 Å². The molecule has 1 aliphatic carbocycles. The number of benzene rings is 1. The van der Waals surface area contributed by atoms with Crippen LogP contribution >= 0.6 is 0 Å². The molecule has 3 atom stereocenters. The number of methoxy groups -OCH3 is 1. The van der Waals surface area contributed by atoms with Gasteiger partial charge in [-0.3, -0.25) is 24.2 Å². The first-order valence-corrected chi connectivity index (χ1v) is 14.8. The van der Waals surface area contributed by atoms with Crippen LogP contribution in [-0.4, -0.2) is 59.0 Å². The fraction of sp³-hybridized carbons (Fsp3) is 0.455. The number of ether oxygens (including phenoxy) is 2. The van der Waals surface area contributed by atoms with Gasteiger partial charge in [0.15, 0.2) is 18.2 Å². The summed E-state index contributed by atoms with van der Waals surface area (Å²) in [4.78, 5) is 72.4. The highest BCUT2D eigenvalue weighted by Gasteiger charge is 2.33. The first kappa shape index (κ1) is 31.6. The van der Waals surface area contributed by atoms with Crippen molar-refractivity contribution in [3.05, 3.63) is 60.0 Å². The number of nitrogens with zero attached hydrogens (tertiary/aromatic N) is 1. The second-order valence-corrected chi connectivity index (χ2v) is 11.5. The molecule has 1 aliphatic rings. The van der Waals surface area contributed by atoms with Gasteiger partial charge in [-0.1, -0.05) is 26.3 Å². The summed E-state index contributed by atoms with van der Waals surface area (Å²) < 4.78 is 10.6. The number of nitrogens with one attached hydrogen (secondary N) is 2. The summed E-state index contributed by atoms with van der Waals surface area (Å²) in [6, 6.07) is 9.26. The van der Waals surface area contributed by atoms with E-state index in [0.29, 0.717) is 30.7 Å². The van der Waals surface area contributed by atoms with Gasteiger partial charge in [0, 0.05) is 48.0 Å². The number of aromatic nitrogens is 2. The van der Waals surface area contributed by atoms with Crippen LogP contribution in [0.25, 0.3) is 10.9 Å².